The van der Waals surface area contributed by atoms with Crippen molar-refractivity contribution in [1.29, 1.82) is 0 Å². The molecular formula is C10H20O3. The van der Waals surface area contributed by atoms with Crippen molar-refractivity contribution in [2.45, 2.75) is 34.1 Å². The van der Waals surface area contributed by atoms with Gasteiger partial charge in [-0.2, -0.15) is 0 Å². The van der Waals surface area contributed by atoms with E-state index in [4.69, 9.17) is 10.2 Å². The van der Waals surface area contributed by atoms with Crippen LogP contribution in [0.25, 0.3) is 0 Å². The average molecular weight is 188 g/mol. The highest BCUT2D eigenvalue weighted by atomic mass is 16.4. The molecule has 0 aromatic heterocycles. The molecule has 78 valence electrons. The maximum Gasteiger partial charge on any atom is 0.306 e. The first-order valence-electron chi connectivity index (χ1n) is 4.62. The second-order valence-electron chi connectivity index (χ2n) is 4.72. The summed E-state index contributed by atoms with van der Waals surface area (Å²) in [6.45, 7) is 7.78. The predicted octanol–water partition coefficient (Wildman–Crippen LogP) is 1.75. The van der Waals surface area contributed by atoms with E-state index in [9.17, 15) is 4.79 Å². The lowest BCUT2D eigenvalue weighted by molar-refractivity contribution is -0.142. The topological polar surface area (TPSA) is 57.5 Å². The Hall–Kier alpha value is -0.570. The monoisotopic (exact) mass is 188 g/mol. The smallest absolute Gasteiger partial charge is 0.306 e. The van der Waals surface area contributed by atoms with Crippen LogP contribution in [0.4, 0.5) is 0 Å². The van der Waals surface area contributed by atoms with Gasteiger partial charge in [-0.05, 0) is 17.8 Å². The largest absolute Gasteiger partial charge is 0.481 e. The third-order valence-electron chi connectivity index (χ3n) is 2.50. The highest BCUT2D eigenvalue weighted by Crippen LogP contribution is 2.30. The summed E-state index contributed by atoms with van der Waals surface area (Å²) >= 11 is 0. The Bertz CT molecular complexity index is 169. The van der Waals surface area contributed by atoms with E-state index in [-0.39, 0.29) is 23.9 Å². The zero-order valence-electron chi connectivity index (χ0n) is 8.87. The standard InChI is InChI=1S/C10H20O3/c1-7(9(12)13)5-8(6-11)10(2,3)4/h7-8,11H,5-6H2,1-4H3,(H,12,13)/t7-,8+/m0/s1. The first-order chi connectivity index (χ1) is 5.79. The normalized spacial score (nSPS) is 16.7. The van der Waals surface area contributed by atoms with Crippen molar-refractivity contribution in [3.8, 4) is 0 Å². The Morgan fingerprint density at radius 3 is 2.08 bits per heavy atom. The highest BCUT2D eigenvalue weighted by molar-refractivity contribution is 5.69. The van der Waals surface area contributed by atoms with Crippen molar-refractivity contribution < 1.29 is 15.0 Å². The summed E-state index contributed by atoms with van der Waals surface area (Å²) in [4.78, 5) is 10.6. The lowest BCUT2D eigenvalue weighted by atomic mass is 9.76. The van der Waals surface area contributed by atoms with Crippen molar-refractivity contribution in [3.05, 3.63) is 0 Å². The number of carbonyl (C=O) groups is 1. The number of aliphatic carboxylic acids is 1. The van der Waals surface area contributed by atoms with Gasteiger partial charge in [-0.15, -0.1) is 0 Å². The first-order valence-corrected chi connectivity index (χ1v) is 4.62. The van der Waals surface area contributed by atoms with Gasteiger partial charge in [0.25, 0.3) is 0 Å². The van der Waals surface area contributed by atoms with Crippen LogP contribution < -0.4 is 0 Å². The van der Waals surface area contributed by atoms with E-state index in [0.717, 1.165) is 0 Å². The molecule has 0 rings (SSSR count). The fourth-order valence-corrected chi connectivity index (χ4v) is 1.23. The van der Waals surface area contributed by atoms with Gasteiger partial charge in [-0.3, -0.25) is 4.79 Å². The quantitative estimate of drug-likeness (QED) is 0.706. The molecule has 0 saturated carbocycles. The lowest BCUT2D eigenvalue weighted by Crippen LogP contribution is -2.27. The van der Waals surface area contributed by atoms with E-state index < -0.39 is 5.97 Å². The highest BCUT2D eigenvalue weighted by Gasteiger charge is 2.27. The molecule has 0 amide bonds. The first kappa shape index (κ1) is 12.4. The molecular weight excluding hydrogens is 168 g/mol. The molecule has 3 nitrogen and oxygen atoms in total. The van der Waals surface area contributed by atoms with E-state index in [1.807, 2.05) is 20.8 Å². The van der Waals surface area contributed by atoms with Crippen LogP contribution in [0.2, 0.25) is 0 Å². The Balaban J connectivity index is 4.22. The molecule has 0 heterocycles. The Kier molecular flexibility index (Phi) is 4.40. The van der Waals surface area contributed by atoms with Crippen LogP contribution in [0, 0.1) is 17.3 Å². The Morgan fingerprint density at radius 2 is 1.85 bits per heavy atom. The summed E-state index contributed by atoms with van der Waals surface area (Å²) in [5.41, 5.74) is -0.0293. The van der Waals surface area contributed by atoms with Crippen LogP contribution in [0.15, 0.2) is 0 Å². The molecule has 0 saturated heterocycles. The molecule has 3 heteroatoms. The van der Waals surface area contributed by atoms with Gasteiger partial charge in [-0.25, -0.2) is 0 Å². The molecule has 0 aliphatic rings. The van der Waals surface area contributed by atoms with Crippen molar-refractivity contribution in [3.63, 3.8) is 0 Å². The van der Waals surface area contributed by atoms with Crippen LogP contribution >= 0.6 is 0 Å². The van der Waals surface area contributed by atoms with Gasteiger partial charge in [0.15, 0.2) is 0 Å². The predicted molar refractivity (Wildman–Crippen MR) is 51.4 cm³/mol. The van der Waals surface area contributed by atoms with Gasteiger partial charge < -0.3 is 10.2 Å². The minimum absolute atomic E-state index is 0.0293. The summed E-state index contributed by atoms with van der Waals surface area (Å²) in [5, 5.41) is 17.8. The zero-order valence-corrected chi connectivity index (χ0v) is 8.87. The van der Waals surface area contributed by atoms with Crippen molar-refractivity contribution in [2.75, 3.05) is 6.61 Å². The second kappa shape index (κ2) is 4.61. The van der Waals surface area contributed by atoms with Gasteiger partial charge in [-0.1, -0.05) is 27.7 Å². The summed E-state index contributed by atoms with van der Waals surface area (Å²) in [6.07, 6.45) is 0.537. The number of aliphatic hydroxyl groups excluding tert-OH is 1. The van der Waals surface area contributed by atoms with E-state index >= 15 is 0 Å². The van der Waals surface area contributed by atoms with E-state index in [2.05, 4.69) is 0 Å². The van der Waals surface area contributed by atoms with Crippen LogP contribution in [-0.2, 0) is 4.79 Å². The number of carboxylic acid groups (broad SMARTS) is 1. The SMILES string of the molecule is C[C@@H](C[C@H](CO)C(C)(C)C)C(=O)O. The van der Waals surface area contributed by atoms with Crippen LogP contribution in [-0.4, -0.2) is 22.8 Å². The van der Waals surface area contributed by atoms with Crippen LogP contribution in [0.5, 0.6) is 0 Å². The van der Waals surface area contributed by atoms with Gasteiger partial charge in [0.1, 0.15) is 0 Å². The Morgan fingerprint density at radius 1 is 1.38 bits per heavy atom. The molecule has 0 aromatic carbocycles. The molecule has 0 aliphatic carbocycles. The molecule has 13 heavy (non-hydrogen) atoms. The molecule has 0 spiro atoms. The van der Waals surface area contributed by atoms with Crippen molar-refractivity contribution in [2.24, 2.45) is 17.3 Å². The molecule has 0 aliphatic heterocycles. The third-order valence-corrected chi connectivity index (χ3v) is 2.50. The molecule has 0 bridgehead atoms. The number of rotatable bonds is 4. The van der Waals surface area contributed by atoms with E-state index in [0.29, 0.717) is 6.42 Å². The van der Waals surface area contributed by atoms with Crippen LogP contribution in [0.1, 0.15) is 34.1 Å². The summed E-state index contributed by atoms with van der Waals surface area (Å²) in [7, 11) is 0. The fourth-order valence-electron chi connectivity index (χ4n) is 1.23. The van der Waals surface area contributed by atoms with Gasteiger partial charge in [0.05, 0.1) is 5.92 Å². The molecule has 2 N–H and O–H groups in total. The number of aliphatic hydroxyl groups is 1. The second-order valence-corrected chi connectivity index (χ2v) is 4.72. The van der Waals surface area contributed by atoms with Crippen molar-refractivity contribution in [1.82, 2.24) is 0 Å². The average Bonchev–Trinajstić information content (AvgIpc) is 1.96. The number of hydrogen-bond acceptors (Lipinski definition) is 2. The van der Waals surface area contributed by atoms with E-state index in [1.165, 1.54) is 0 Å². The minimum atomic E-state index is -0.789. The lowest BCUT2D eigenvalue weighted by Gasteiger charge is -2.30. The minimum Gasteiger partial charge on any atom is -0.481 e. The molecule has 0 fully saturated rings. The van der Waals surface area contributed by atoms with Crippen molar-refractivity contribution >= 4 is 5.97 Å². The molecule has 0 aromatic rings. The fraction of sp³-hybridized carbons (Fsp3) is 0.900. The number of hydrogen-bond donors (Lipinski definition) is 2. The van der Waals surface area contributed by atoms with Gasteiger partial charge in [0, 0.05) is 6.61 Å². The molecule has 2 atom stereocenters. The number of carboxylic acids is 1. The maximum atomic E-state index is 10.6. The van der Waals surface area contributed by atoms with E-state index in [1.54, 1.807) is 6.92 Å². The van der Waals surface area contributed by atoms with Gasteiger partial charge in [0.2, 0.25) is 0 Å². The summed E-state index contributed by atoms with van der Waals surface area (Å²) < 4.78 is 0. The maximum absolute atomic E-state index is 10.6. The zero-order chi connectivity index (χ0) is 10.6. The summed E-state index contributed by atoms with van der Waals surface area (Å²) in [5.74, 6) is -1.11. The van der Waals surface area contributed by atoms with Gasteiger partial charge >= 0.3 is 5.97 Å². The Labute approximate surface area is 79.8 Å². The van der Waals surface area contributed by atoms with Crippen LogP contribution in [0.3, 0.4) is 0 Å². The summed E-state index contributed by atoms with van der Waals surface area (Å²) in [6, 6.07) is 0. The molecule has 0 unspecified atom stereocenters. The third kappa shape index (κ3) is 4.27. The molecule has 0 radical (unpaired) electrons.